The molecule has 8 heteroatoms. The first kappa shape index (κ1) is 19.9. The van der Waals surface area contributed by atoms with Crippen LogP contribution in [-0.4, -0.2) is 38.7 Å². The van der Waals surface area contributed by atoms with Crippen molar-refractivity contribution in [2.45, 2.75) is 25.8 Å². The van der Waals surface area contributed by atoms with E-state index in [4.69, 9.17) is 25.8 Å². The van der Waals surface area contributed by atoms with E-state index in [1.165, 1.54) is 7.11 Å². The fourth-order valence-electron chi connectivity index (χ4n) is 2.70. The number of esters is 1. The highest BCUT2D eigenvalue weighted by molar-refractivity contribution is 6.17. The van der Waals surface area contributed by atoms with Crippen LogP contribution >= 0.6 is 11.6 Å². The van der Waals surface area contributed by atoms with Crippen LogP contribution in [0.5, 0.6) is 11.5 Å². The number of halogens is 1. The smallest absolute Gasteiger partial charge is 0.338 e. The Hall–Kier alpha value is -2.41. The molecule has 0 saturated heterocycles. The number of carbonyl (C=O) groups is 2. The minimum absolute atomic E-state index is 0.262. The number of urea groups is 1. The summed E-state index contributed by atoms with van der Waals surface area (Å²) in [7, 11) is 3.06. The number of ether oxygens (including phenoxy) is 3. The van der Waals surface area contributed by atoms with Gasteiger partial charge in [0.05, 0.1) is 32.4 Å². The molecule has 7 nitrogen and oxygen atoms in total. The Labute approximate surface area is 157 Å². The van der Waals surface area contributed by atoms with Gasteiger partial charge in [0, 0.05) is 17.1 Å². The van der Waals surface area contributed by atoms with Crippen LogP contribution in [0.2, 0.25) is 0 Å². The Bertz CT molecular complexity index is 705. The fraction of sp³-hybridized carbons (Fsp3) is 0.444. The zero-order valence-electron chi connectivity index (χ0n) is 15.1. The Morgan fingerprint density at radius 1 is 1.23 bits per heavy atom. The molecule has 0 spiro atoms. The summed E-state index contributed by atoms with van der Waals surface area (Å²) in [5.41, 5.74) is 1.36. The zero-order valence-corrected chi connectivity index (χ0v) is 15.8. The lowest BCUT2D eigenvalue weighted by atomic mass is 9.94. The van der Waals surface area contributed by atoms with Crippen molar-refractivity contribution in [2.24, 2.45) is 0 Å². The molecule has 1 aliphatic heterocycles. The van der Waals surface area contributed by atoms with Gasteiger partial charge in [-0.2, -0.15) is 0 Å². The first-order chi connectivity index (χ1) is 12.5. The minimum atomic E-state index is -0.714. The van der Waals surface area contributed by atoms with Gasteiger partial charge in [0.25, 0.3) is 0 Å². The lowest BCUT2D eigenvalue weighted by Gasteiger charge is -2.29. The largest absolute Gasteiger partial charge is 0.497 e. The van der Waals surface area contributed by atoms with E-state index < -0.39 is 18.0 Å². The average Bonchev–Trinajstić information content (AvgIpc) is 2.63. The molecule has 1 aliphatic rings. The molecule has 0 fully saturated rings. The summed E-state index contributed by atoms with van der Waals surface area (Å²) in [6, 6.07) is 4.07. The normalized spacial score (nSPS) is 16.6. The summed E-state index contributed by atoms with van der Waals surface area (Å²) < 4.78 is 16.0. The summed E-state index contributed by atoms with van der Waals surface area (Å²) in [5.74, 6) is 1.12. The molecule has 1 heterocycles. The first-order valence-electron chi connectivity index (χ1n) is 8.25. The van der Waals surface area contributed by atoms with Gasteiger partial charge < -0.3 is 24.8 Å². The Kier molecular flexibility index (Phi) is 7.15. The topological polar surface area (TPSA) is 85.9 Å². The molecular weight excluding hydrogens is 360 g/mol. The van der Waals surface area contributed by atoms with Crippen LogP contribution in [0, 0.1) is 0 Å². The Morgan fingerprint density at radius 2 is 2.00 bits per heavy atom. The maximum atomic E-state index is 12.6. The number of carbonyl (C=O) groups excluding carboxylic acids is 2. The second-order valence-electron chi connectivity index (χ2n) is 5.71. The lowest BCUT2D eigenvalue weighted by Crippen LogP contribution is -2.45. The van der Waals surface area contributed by atoms with Gasteiger partial charge in [-0.05, 0) is 38.0 Å². The van der Waals surface area contributed by atoms with Gasteiger partial charge in [-0.15, -0.1) is 11.6 Å². The molecule has 26 heavy (non-hydrogen) atoms. The highest BCUT2D eigenvalue weighted by Crippen LogP contribution is 2.35. The predicted octanol–water partition coefficient (Wildman–Crippen LogP) is 2.89. The highest BCUT2D eigenvalue weighted by Gasteiger charge is 2.34. The Morgan fingerprint density at radius 3 is 2.65 bits per heavy atom. The summed E-state index contributed by atoms with van der Waals surface area (Å²) in [6.45, 7) is 1.92. The van der Waals surface area contributed by atoms with Crippen molar-refractivity contribution in [3.05, 3.63) is 35.0 Å². The number of rotatable bonds is 8. The van der Waals surface area contributed by atoms with Crippen LogP contribution in [0.25, 0.3) is 0 Å². The maximum absolute atomic E-state index is 12.6. The number of benzene rings is 1. The summed E-state index contributed by atoms with van der Waals surface area (Å²) in [5, 5.41) is 5.37. The van der Waals surface area contributed by atoms with Crippen molar-refractivity contribution in [3.63, 3.8) is 0 Å². The number of nitrogens with one attached hydrogen (secondary N) is 2. The predicted molar refractivity (Wildman–Crippen MR) is 97.6 cm³/mol. The van der Waals surface area contributed by atoms with Crippen LogP contribution in [-0.2, 0) is 9.53 Å². The van der Waals surface area contributed by atoms with Gasteiger partial charge in [-0.3, -0.25) is 0 Å². The summed E-state index contributed by atoms with van der Waals surface area (Å²) >= 11 is 5.64. The molecule has 2 rings (SSSR count). The van der Waals surface area contributed by atoms with Crippen molar-refractivity contribution in [3.8, 4) is 11.5 Å². The first-order valence-corrected chi connectivity index (χ1v) is 8.78. The minimum Gasteiger partial charge on any atom is -0.497 e. The Balaban J connectivity index is 2.36. The molecule has 2 N–H and O–H groups in total. The molecule has 0 saturated carbocycles. The molecular formula is C18H23ClN2O5. The van der Waals surface area contributed by atoms with E-state index in [1.807, 2.05) is 0 Å². The van der Waals surface area contributed by atoms with E-state index in [2.05, 4.69) is 10.6 Å². The third-order valence-electron chi connectivity index (χ3n) is 4.00. The molecule has 1 atom stereocenters. The molecule has 1 aromatic rings. The molecule has 0 radical (unpaired) electrons. The molecule has 0 bridgehead atoms. The van der Waals surface area contributed by atoms with Gasteiger partial charge in [-0.1, -0.05) is 0 Å². The van der Waals surface area contributed by atoms with Crippen molar-refractivity contribution in [1.82, 2.24) is 10.6 Å². The van der Waals surface area contributed by atoms with Gasteiger partial charge in [-0.25, -0.2) is 9.59 Å². The molecule has 0 aromatic heterocycles. The van der Waals surface area contributed by atoms with E-state index >= 15 is 0 Å². The number of hydrogen-bond acceptors (Lipinski definition) is 5. The molecule has 0 aliphatic carbocycles. The van der Waals surface area contributed by atoms with Crippen molar-refractivity contribution in [2.75, 3.05) is 26.7 Å². The molecule has 142 valence electrons. The number of hydrogen-bond donors (Lipinski definition) is 2. The maximum Gasteiger partial charge on any atom is 0.338 e. The van der Waals surface area contributed by atoms with E-state index in [0.717, 1.165) is 6.42 Å². The summed E-state index contributed by atoms with van der Waals surface area (Å²) in [4.78, 5) is 24.6. The summed E-state index contributed by atoms with van der Waals surface area (Å²) in [6.07, 6.45) is 1.43. The van der Waals surface area contributed by atoms with E-state index in [-0.39, 0.29) is 6.61 Å². The number of alkyl halides is 1. The van der Waals surface area contributed by atoms with Crippen LogP contribution in [0.3, 0.4) is 0 Å². The van der Waals surface area contributed by atoms with Crippen molar-refractivity contribution in [1.29, 1.82) is 0 Å². The number of methoxy groups -OCH3 is 2. The van der Waals surface area contributed by atoms with Crippen molar-refractivity contribution < 1.29 is 23.8 Å². The second kappa shape index (κ2) is 9.33. The van der Waals surface area contributed by atoms with E-state index in [9.17, 15) is 9.59 Å². The van der Waals surface area contributed by atoms with Gasteiger partial charge in [0.2, 0.25) is 0 Å². The quantitative estimate of drug-likeness (QED) is 0.410. The highest BCUT2D eigenvalue weighted by atomic mass is 35.5. The molecule has 0 unspecified atom stereocenters. The molecule has 1 aromatic carbocycles. The van der Waals surface area contributed by atoms with Crippen LogP contribution < -0.4 is 20.1 Å². The third-order valence-corrected chi connectivity index (χ3v) is 4.27. The van der Waals surface area contributed by atoms with Crippen molar-refractivity contribution >= 4 is 23.6 Å². The van der Waals surface area contributed by atoms with E-state index in [0.29, 0.717) is 40.6 Å². The number of allylic oxidation sites excluding steroid dienone is 1. The van der Waals surface area contributed by atoms with E-state index in [1.54, 1.807) is 32.2 Å². The lowest BCUT2D eigenvalue weighted by molar-refractivity contribution is -0.139. The SMILES string of the molecule is COc1ccc(OC)c([C@H]2NC(=O)NC(C)=C2C(=O)OCCCCCl)c1. The van der Waals surface area contributed by atoms with Gasteiger partial charge in [0.1, 0.15) is 11.5 Å². The number of unbranched alkanes of at least 4 members (excludes halogenated alkanes) is 1. The average molecular weight is 383 g/mol. The number of amides is 2. The molecule has 2 amide bonds. The second-order valence-corrected chi connectivity index (χ2v) is 6.09. The fourth-order valence-corrected chi connectivity index (χ4v) is 2.89. The van der Waals surface area contributed by atoms with Crippen LogP contribution in [0.4, 0.5) is 4.79 Å². The van der Waals surface area contributed by atoms with Gasteiger partial charge >= 0.3 is 12.0 Å². The van der Waals surface area contributed by atoms with Crippen LogP contribution in [0.15, 0.2) is 29.5 Å². The van der Waals surface area contributed by atoms with Gasteiger partial charge in [0.15, 0.2) is 0 Å². The standard InChI is InChI=1S/C18H23ClN2O5/c1-11-15(17(22)26-9-5-4-8-19)16(21-18(23)20-11)13-10-12(24-2)6-7-14(13)25-3/h6-7,10,16H,4-5,8-9H2,1-3H3,(H2,20,21,23)/t16-/m1/s1. The third kappa shape index (κ3) is 4.60. The monoisotopic (exact) mass is 382 g/mol. The van der Waals surface area contributed by atoms with Crippen LogP contribution in [0.1, 0.15) is 31.4 Å². The zero-order chi connectivity index (χ0) is 19.1.